The summed E-state index contributed by atoms with van der Waals surface area (Å²) in [4.78, 5) is 11.7. The molecule has 2 aromatic carbocycles. The summed E-state index contributed by atoms with van der Waals surface area (Å²) < 4.78 is 38.8. The van der Waals surface area contributed by atoms with Gasteiger partial charge in [0.05, 0.1) is 12.3 Å². The highest BCUT2D eigenvalue weighted by molar-refractivity contribution is 7.88. The molecule has 0 fully saturated rings. The molecule has 0 bridgehead atoms. The highest BCUT2D eigenvalue weighted by Crippen LogP contribution is 2.06. The molecule has 5 nitrogen and oxygen atoms in total. The monoisotopic (exact) mass is 350 g/mol. The van der Waals surface area contributed by atoms with Gasteiger partial charge in [-0.2, -0.15) is 0 Å². The molecule has 0 saturated heterocycles. The van der Waals surface area contributed by atoms with E-state index in [-0.39, 0.29) is 12.3 Å². The zero-order valence-corrected chi connectivity index (χ0v) is 13.9. The minimum atomic E-state index is -3.65. The fourth-order valence-electron chi connectivity index (χ4n) is 2.08. The normalized spacial score (nSPS) is 11.2. The smallest absolute Gasteiger partial charge is 0.235 e. The average molecular weight is 350 g/mol. The van der Waals surface area contributed by atoms with Gasteiger partial charge in [0.15, 0.2) is 0 Å². The molecule has 2 N–H and O–H groups in total. The molecule has 0 spiro atoms. The molecule has 24 heavy (non-hydrogen) atoms. The van der Waals surface area contributed by atoms with Crippen LogP contribution in [-0.2, 0) is 27.0 Å². The van der Waals surface area contributed by atoms with Crippen molar-refractivity contribution in [3.8, 4) is 0 Å². The lowest BCUT2D eigenvalue weighted by Gasteiger charge is -2.08. The molecule has 0 aromatic heterocycles. The van der Waals surface area contributed by atoms with E-state index < -0.39 is 21.7 Å². The van der Waals surface area contributed by atoms with Crippen LogP contribution in [0.15, 0.2) is 54.6 Å². The van der Waals surface area contributed by atoms with E-state index in [1.807, 2.05) is 30.3 Å². The van der Waals surface area contributed by atoms with E-state index >= 15 is 0 Å². The Morgan fingerprint density at radius 1 is 0.958 bits per heavy atom. The highest BCUT2D eigenvalue weighted by atomic mass is 32.2. The van der Waals surface area contributed by atoms with Crippen LogP contribution in [0.2, 0.25) is 0 Å². The zero-order chi connectivity index (χ0) is 17.4. The molecule has 1 amide bonds. The molecule has 2 aromatic rings. The Bertz CT molecular complexity index is 762. The van der Waals surface area contributed by atoms with E-state index in [9.17, 15) is 17.6 Å². The zero-order valence-electron chi connectivity index (χ0n) is 13.0. The summed E-state index contributed by atoms with van der Waals surface area (Å²) in [6.45, 7) is 0.112. The second kappa shape index (κ2) is 8.56. The number of nitrogens with one attached hydrogen (secondary N) is 2. The van der Waals surface area contributed by atoms with Crippen LogP contribution in [0.5, 0.6) is 0 Å². The largest absolute Gasteiger partial charge is 0.355 e. The lowest BCUT2D eigenvalue weighted by atomic mass is 10.1. The lowest BCUT2D eigenvalue weighted by molar-refractivity contribution is -0.119. The molecular weight excluding hydrogens is 331 g/mol. The fourth-order valence-corrected chi connectivity index (χ4v) is 3.16. The summed E-state index contributed by atoms with van der Waals surface area (Å²) >= 11 is 0. The van der Waals surface area contributed by atoms with Crippen molar-refractivity contribution in [2.24, 2.45) is 0 Å². The van der Waals surface area contributed by atoms with E-state index in [1.165, 1.54) is 24.3 Å². The van der Waals surface area contributed by atoms with Crippen LogP contribution in [0.25, 0.3) is 0 Å². The van der Waals surface area contributed by atoms with Crippen LogP contribution in [0.4, 0.5) is 4.39 Å². The molecule has 0 saturated carbocycles. The average Bonchev–Trinajstić information content (AvgIpc) is 2.56. The summed E-state index contributed by atoms with van der Waals surface area (Å²) in [7, 11) is -3.65. The minimum absolute atomic E-state index is 0.301. The van der Waals surface area contributed by atoms with Gasteiger partial charge in [-0.25, -0.2) is 17.5 Å². The van der Waals surface area contributed by atoms with Gasteiger partial charge in [-0.05, 0) is 29.7 Å². The lowest BCUT2D eigenvalue weighted by Crippen LogP contribution is -2.38. The summed E-state index contributed by atoms with van der Waals surface area (Å²) in [6, 6.07) is 14.8. The number of amides is 1. The van der Waals surface area contributed by atoms with Crippen LogP contribution in [0, 0.1) is 5.82 Å². The number of halogens is 1. The van der Waals surface area contributed by atoms with Gasteiger partial charge in [0.25, 0.3) is 0 Å². The molecule has 0 unspecified atom stereocenters. The third kappa shape index (κ3) is 6.47. The number of hydrogen-bond donors (Lipinski definition) is 2. The van der Waals surface area contributed by atoms with Crippen molar-refractivity contribution in [3.63, 3.8) is 0 Å². The van der Waals surface area contributed by atoms with Crippen LogP contribution < -0.4 is 10.0 Å². The van der Waals surface area contributed by atoms with Gasteiger partial charge in [0.2, 0.25) is 15.9 Å². The maximum absolute atomic E-state index is 12.8. The molecule has 0 aliphatic rings. The molecule has 0 aliphatic carbocycles. The molecule has 0 atom stereocenters. The Balaban J connectivity index is 1.72. The Labute approximate surface area is 141 Å². The van der Waals surface area contributed by atoms with Crippen LogP contribution in [0.3, 0.4) is 0 Å². The predicted octanol–water partition coefficient (Wildman–Crippen LogP) is 1.60. The van der Waals surface area contributed by atoms with Gasteiger partial charge in [0.1, 0.15) is 5.82 Å². The summed E-state index contributed by atoms with van der Waals surface area (Å²) in [6.07, 6.45) is 0.676. The van der Waals surface area contributed by atoms with Crippen LogP contribution >= 0.6 is 0 Å². The first-order valence-corrected chi connectivity index (χ1v) is 9.12. The van der Waals surface area contributed by atoms with Gasteiger partial charge < -0.3 is 5.32 Å². The van der Waals surface area contributed by atoms with E-state index in [2.05, 4.69) is 10.0 Å². The maximum atomic E-state index is 12.8. The quantitative estimate of drug-likeness (QED) is 0.759. The first-order chi connectivity index (χ1) is 11.4. The Kier molecular flexibility index (Phi) is 6.45. The van der Waals surface area contributed by atoms with Gasteiger partial charge >= 0.3 is 0 Å². The number of sulfonamides is 1. The van der Waals surface area contributed by atoms with Crippen molar-refractivity contribution in [2.45, 2.75) is 12.2 Å². The Hall–Kier alpha value is -2.25. The van der Waals surface area contributed by atoms with Crippen molar-refractivity contribution in [1.82, 2.24) is 10.0 Å². The standard InChI is InChI=1S/C17H19FN2O3S/c18-16-8-6-15(7-9-16)13-24(22,23)20-12-17(21)19-11-10-14-4-2-1-3-5-14/h1-9,20H,10-13H2,(H,19,21). The molecule has 7 heteroatoms. The van der Waals surface area contributed by atoms with Gasteiger partial charge in [-0.3, -0.25) is 4.79 Å². The minimum Gasteiger partial charge on any atom is -0.355 e. The third-order valence-corrected chi connectivity index (χ3v) is 4.60. The first kappa shape index (κ1) is 18.1. The number of rotatable bonds is 8. The summed E-state index contributed by atoms with van der Waals surface area (Å²) in [5.74, 6) is -1.12. The maximum Gasteiger partial charge on any atom is 0.235 e. The molecule has 0 aliphatic heterocycles. The van der Waals surface area contributed by atoms with Crippen molar-refractivity contribution in [1.29, 1.82) is 0 Å². The van der Waals surface area contributed by atoms with Crippen molar-refractivity contribution in [3.05, 3.63) is 71.5 Å². The predicted molar refractivity (Wildman–Crippen MR) is 90.2 cm³/mol. The number of carbonyl (C=O) groups is 1. The Morgan fingerprint density at radius 3 is 2.29 bits per heavy atom. The molecular formula is C17H19FN2O3S. The van der Waals surface area contributed by atoms with E-state index in [4.69, 9.17) is 0 Å². The topological polar surface area (TPSA) is 75.3 Å². The van der Waals surface area contributed by atoms with E-state index in [0.29, 0.717) is 18.5 Å². The number of hydrogen-bond acceptors (Lipinski definition) is 3. The highest BCUT2D eigenvalue weighted by Gasteiger charge is 2.13. The number of benzene rings is 2. The van der Waals surface area contributed by atoms with Crippen molar-refractivity contribution in [2.75, 3.05) is 13.1 Å². The second-order valence-corrected chi connectivity index (χ2v) is 7.10. The second-order valence-electron chi connectivity index (χ2n) is 5.29. The molecule has 0 radical (unpaired) electrons. The van der Waals surface area contributed by atoms with E-state index in [0.717, 1.165) is 5.56 Å². The summed E-state index contributed by atoms with van der Waals surface area (Å²) in [5.41, 5.74) is 1.54. The number of carbonyl (C=O) groups excluding carboxylic acids is 1. The van der Waals surface area contributed by atoms with Crippen LogP contribution in [0.1, 0.15) is 11.1 Å². The molecule has 128 valence electrons. The first-order valence-electron chi connectivity index (χ1n) is 7.47. The van der Waals surface area contributed by atoms with Crippen LogP contribution in [-0.4, -0.2) is 27.4 Å². The third-order valence-electron chi connectivity index (χ3n) is 3.30. The summed E-state index contributed by atoms with van der Waals surface area (Å²) in [5, 5.41) is 2.66. The molecule has 2 rings (SSSR count). The Morgan fingerprint density at radius 2 is 1.62 bits per heavy atom. The van der Waals surface area contributed by atoms with Gasteiger partial charge in [0, 0.05) is 6.54 Å². The van der Waals surface area contributed by atoms with E-state index in [1.54, 1.807) is 0 Å². The van der Waals surface area contributed by atoms with Crippen molar-refractivity contribution >= 4 is 15.9 Å². The van der Waals surface area contributed by atoms with Crippen molar-refractivity contribution < 1.29 is 17.6 Å². The van der Waals surface area contributed by atoms with Gasteiger partial charge in [-0.15, -0.1) is 0 Å². The fraction of sp³-hybridized carbons (Fsp3) is 0.235. The molecule has 0 heterocycles. The SMILES string of the molecule is O=C(CNS(=O)(=O)Cc1ccc(F)cc1)NCCc1ccccc1. The van der Waals surface area contributed by atoms with Gasteiger partial charge in [-0.1, -0.05) is 42.5 Å².